The molecule has 0 atom stereocenters. The van der Waals surface area contributed by atoms with Gasteiger partial charge in [0.2, 0.25) is 0 Å². The summed E-state index contributed by atoms with van der Waals surface area (Å²) in [7, 11) is 9.63. The number of hydrogen-bond acceptors (Lipinski definition) is 2. The van der Waals surface area contributed by atoms with Gasteiger partial charge in [0.05, 0.1) is 0 Å². The summed E-state index contributed by atoms with van der Waals surface area (Å²) in [5, 5.41) is 6.94. The fourth-order valence-electron chi connectivity index (χ4n) is 1.02. The molecular formula is C11H26Cl2N2Pd. The van der Waals surface area contributed by atoms with E-state index >= 15 is 0 Å². The van der Waals surface area contributed by atoms with Crippen LogP contribution < -0.4 is 10.6 Å². The van der Waals surface area contributed by atoms with Gasteiger partial charge in [0.1, 0.15) is 0 Å². The van der Waals surface area contributed by atoms with Gasteiger partial charge >= 0.3 is 35.0 Å². The quantitative estimate of drug-likeness (QED) is 0.590. The zero-order chi connectivity index (χ0) is 13.2. The minimum atomic E-state index is -0.106. The molecule has 16 heavy (non-hydrogen) atoms. The Balaban J connectivity index is 0. The Morgan fingerprint density at radius 3 is 1.25 bits per heavy atom. The van der Waals surface area contributed by atoms with E-state index in [0.29, 0.717) is 0 Å². The van der Waals surface area contributed by atoms with Crippen LogP contribution in [-0.4, -0.2) is 24.2 Å². The second-order valence-corrected chi connectivity index (χ2v) is 8.11. The van der Waals surface area contributed by atoms with Crippen molar-refractivity contribution in [2.24, 2.45) is 0 Å². The van der Waals surface area contributed by atoms with Gasteiger partial charge in [0.25, 0.3) is 0 Å². The van der Waals surface area contributed by atoms with Crippen LogP contribution in [-0.2, 0) is 15.9 Å². The first kappa shape index (κ1) is 19.5. The summed E-state index contributed by atoms with van der Waals surface area (Å²) in [6, 6.07) is 0. The van der Waals surface area contributed by atoms with Crippen molar-refractivity contribution in [3.8, 4) is 0 Å². The molecule has 0 aromatic carbocycles. The van der Waals surface area contributed by atoms with Crippen molar-refractivity contribution in [3.05, 3.63) is 0 Å². The standard InChI is InChI=1S/C11H26N2.2ClH.Pd/c1-10(2,3)12-8-7-9-13-11(4,5)6;;;/h12-13H,7-9H2,1-6H3;2*1H;/q;;;+2/p-2. The van der Waals surface area contributed by atoms with Crippen molar-refractivity contribution < 1.29 is 15.9 Å². The zero-order valence-corrected chi connectivity index (χ0v) is 14.3. The molecule has 0 aromatic rings. The molecule has 0 aliphatic carbocycles. The maximum atomic E-state index is 4.81. The topological polar surface area (TPSA) is 24.1 Å². The fourth-order valence-corrected chi connectivity index (χ4v) is 1.02. The van der Waals surface area contributed by atoms with Gasteiger partial charge in [0, 0.05) is 11.1 Å². The number of hydrogen-bond donors (Lipinski definition) is 2. The Hall–Kier alpha value is 1.16. The maximum absolute atomic E-state index is 4.81. The van der Waals surface area contributed by atoms with E-state index in [1.807, 2.05) is 0 Å². The van der Waals surface area contributed by atoms with E-state index in [0.717, 1.165) is 13.1 Å². The van der Waals surface area contributed by atoms with Crippen LogP contribution >= 0.6 is 19.1 Å². The average Bonchev–Trinajstić information content (AvgIpc) is 2.00. The van der Waals surface area contributed by atoms with E-state index in [2.05, 4.69) is 52.2 Å². The van der Waals surface area contributed by atoms with Crippen LogP contribution in [0.15, 0.2) is 0 Å². The van der Waals surface area contributed by atoms with E-state index < -0.39 is 0 Å². The van der Waals surface area contributed by atoms with E-state index in [1.54, 1.807) is 0 Å². The van der Waals surface area contributed by atoms with Crippen LogP contribution in [0.2, 0.25) is 0 Å². The molecule has 0 heterocycles. The minimum absolute atomic E-state index is 0.106. The van der Waals surface area contributed by atoms with Gasteiger partial charge in [0.15, 0.2) is 0 Å². The van der Waals surface area contributed by atoms with Crippen molar-refractivity contribution in [3.63, 3.8) is 0 Å². The summed E-state index contributed by atoms with van der Waals surface area (Å²) in [5.74, 6) is 0. The SMILES string of the molecule is CC(C)(C)NCCCNC(C)(C)C.[Cl][Pd][Cl]. The molecular weight excluding hydrogens is 337 g/mol. The molecule has 0 saturated heterocycles. The molecule has 5 heteroatoms. The van der Waals surface area contributed by atoms with Crippen molar-refractivity contribution >= 4 is 19.1 Å². The third-order valence-corrected chi connectivity index (χ3v) is 1.66. The third kappa shape index (κ3) is 24.4. The van der Waals surface area contributed by atoms with Gasteiger partial charge in [-0.2, -0.15) is 0 Å². The summed E-state index contributed by atoms with van der Waals surface area (Å²) in [5.41, 5.74) is 0.503. The summed E-state index contributed by atoms with van der Waals surface area (Å²) in [6.45, 7) is 15.4. The Morgan fingerprint density at radius 2 is 1.06 bits per heavy atom. The van der Waals surface area contributed by atoms with Crippen LogP contribution in [0, 0.1) is 0 Å². The van der Waals surface area contributed by atoms with Crippen molar-refractivity contribution in [1.29, 1.82) is 0 Å². The monoisotopic (exact) mass is 362 g/mol. The Labute approximate surface area is 117 Å². The fraction of sp³-hybridized carbons (Fsp3) is 1.00. The molecule has 0 saturated carbocycles. The normalized spacial score (nSPS) is 12.2. The predicted molar refractivity (Wildman–Crippen MR) is 71.8 cm³/mol. The first-order valence-corrected chi connectivity index (χ1v) is 9.45. The third-order valence-electron chi connectivity index (χ3n) is 1.66. The molecule has 0 fully saturated rings. The molecule has 0 aliphatic rings. The molecule has 0 amide bonds. The Bertz CT molecular complexity index is 137. The van der Waals surface area contributed by atoms with Gasteiger partial charge in [-0.3, -0.25) is 0 Å². The molecule has 0 unspecified atom stereocenters. The van der Waals surface area contributed by atoms with Crippen LogP contribution in [0.5, 0.6) is 0 Å². The Kier molecular flexibility index (Phi) is 12.3. The molecule has 0 aromatic heterocycles. The van der Waals surface area contributed by atoms with E-state index in [9.17, 15) is 0 Å². The summed E-state index contributed by atoms with van der Waals surface area (Å²) < 4.78 is 0. The number of halogens is 2. The van der Waals surface area contributed by atoms with Crippen LogP contribution in [0.1, 0.15) is 48.0 Å². The van der Waals surface area contributed by atoms with E-state index in [1.165, 1.54) is 6.42 Å². The van der Waals surface area contributed by atoms with Gasteiger partial charge in [-0.1, -0.05) is 0 Å². The van der Waals surface area contributed by atoms with Gasteiger partial charge < -0.3 is 10.6 Å². The summed E-state index contributed by atoms with van der Waals surface area (Å²) in [6.07, 6.45) is 1.19. The second kappa shape index (κ2) is 10.1. The van der Waals surface area contributed by atoms with Crippen molar-refractivity contribution in [2.45, 2.75) is 59.0 Å². The predicted octanol–water partition coefficient (Wildman–Crippen LogP) is 3.53. The summed E-state index contributed by atoms with van der Waals surface area (Å²) in [4.78, 5) is 0. The molecule has 0 rings (SSSR count). The second-order valence-electron chi connectivity index (χ2n) is 5.75. The van der Waals surface area contributed by atoms with Gasteiger partial charge in [-0.05, 0) is 61.1 Å². The molecule has 0 radical (unpaired) electrons. The van der Waals surface area contributed by atoms with Gasteiger partial charge in [-0.25, -0.2) is 0 Å². The van der Waals surface area contributed by atoms with E-state index in [4.69, 9.17) is 19.1 Å². The van der Waals surface area contributed by atoms with Crippen LogP contribution in [0.25, 0.3) is 0 Å². The summed E-state index contributed by atoms with van der Waals surface area (Å²) >= 11 is -0.106. The first-order valence-electron chi connectivity index (χ1n) is 5.45. The molecule has 0 bridgehead atoms. The Morgan fingerprint density at radius 1 is 0.812 bits per heavy atom. The molecule has 2 N–H and O–H groups in total. The van der Waals surface area contributed by atoms with Crippen molar-refractivity contribution in [1.82, 2.24) is 10.6 Å². The van der Waals surface area contributed by atoms with Gasteiger partial charge in [-0.15, -0.1) is 0 Å². The first-order chi connectivity index (χ1) is 7.12. The number of rotatable bonds is 4. The average molecular weight is 364 g/mol. The zero-order valence-electron chi connectivity index (χ0n) is 11.2. The van der Waals surface area contributed by atoms with Crippen molar-refractivity contribution in [2.75, 3.05) is 13.1 Å². The van der Waals surface area contributed by atoms with Crippen LogP contribution in [0.3, 0.4) is 0 Å². The number of nitrogens with one attached hydrogen (secondary N) is 2. The molecule has 0 aliphatic heterocycles. The molecule has 104 valence electrons. The van der Waals surface area contributed by atoms with E-state index in [-0.39, 0.29) is 27.0 Å². The molecule has 2 nitrogen and oxygen atoms in total. The molecule has 0 spiro atoms. The van der Waals surface area contributed by atoms with Crippen LogP contribution in [0.4, 0.5) is 0 Å².